The second kappa shape index (κ2) is 7.55. The van der Waals surface area contributed by atoms with Crippen molar-refractivity contribution in [1.82, 2.24) is 0 Å². The molecule has 0 aromatic heterocycles. The van der Waals surface area contributed by atoms with Crippen LogP contribution in [0.3, 0.4) is 0 Å². The molecule has 0 saturated heterocycles. The normalized spacial score (nSPS) is 10.2. The first-order valence-corrected chi connectivity index (χ1v) is 7.80. The van der Waals surface area contributed by atoms with Crippen LogP contribution in [-0.4, -0.2) is 14.2 Å². The predicted octanol–water partition coefficient (Wildman–Crippen LogP) is 4.95. The third-order valence-corrected chi connectivity index (χ3v) is 3.84. The first-order chi connectivity index (χ1) is 11.8. The van der Waals surface area contributed by atoms with Crippen molar-refractivity contribution >= 4 is 0 Å². The van der Waals surface area contributed by atoms with Gasteiger partial charge in [0.2, 0.25) is 0 Å². The molecular weight excluding hydrogens is 300 g/mol. The average molecular weight is 320 g/mol. The van der Waals surface area contributed by atoms with E-state index in [0.29, 0.717) is 6.61 Å². The van der Waals surface area contributed by atoms with E-state index in [0.717, 1.165) is 33.9 Å². The van der Waals surface area contributed by atoms with Crippen molar-refractivity contribution in [3.63, 3.8) is 0 Å². The van der Waals surface area contributed by atoms with Crippen LogP contribution in [0.5, 0.6) is 17.2 Å². The summed E-state index contributed by atoms with van der Waals surface area (Å²) in [6.45, 7) is 0.407. The Labute approximate surface area is 142 Å². The number of hydrogen-bond acceptors (Lipinski definition) is 3. The van der Waals surface area contributed by atoms with Gasteiger partial charge in [0.05, 0.1) is 14.2 Å². The van der Waals surface area contributed by atoms with Gasteiger partial charge in [0, 0.05) is 11.1 Å². The highest BCUT2D eigenvalue weighted by molar-refractivity contribution is 5.70. The second-order valence-electron chi connectivity index (χ2n) is 5.33. The van der Waals surface area contributed by atoms with E-state index in [-0.39, 0.29) is 0 Å². The van der Waals surface area contributed by atoms with Crippen molar-refractivity contribution in [1.29, 1.82) is 0 Å². The molecule has 24 heavy (non-hydrogen) atoms. The monoisotopic (exact) mass is 320 g/mol. The molecule has 3 rings (SSSR count). The van der Waals surface area contributed by atoms with Gasteiger partial charge in [-0.1, -0.05) is 48.5 Å². The smallest absolute Gasteiger partial charge is 0.127 e. The van der Waals surface area contributed by atoms with Crippen LogP contribution < -0.4 is 14.2 Å². The Hall–Kier alpha value is -2.94. The van der Waals surface area contributed by atoms with E-state index in [9.17, 15) is 0 Å². The van der Waals surface area contributed by atoms with E-state index in [1.165, 1.54) is 0 Å². The molecule has 0 saturated carbocycles. The number of benzene rings is 3. The van der Waals surface area contributed by atoms with Gasteiger partial charge in [-0.3, -0.25) is 0 Å². The Morgan fingerprint density at radius 3 is 2.21 bits per heavy atom. The Morgan fingerprint density at radius 2 is 1.46 bits per heavy atom. The van der Waals surface area contributed by atoms with Crippen LogP contribution in [-0.2, 0) is 6.61 Å². The summed E-state index contributed by atoms with van der Waals surface area (Å²) < 4.78 is 16.8. The van der Waals surface area contributed by atoms with Crippen molar-refractivity contribution in [2.24, 2.45) is 0 Å². The molecule has 0 heterocycles. The van der Waals surface area contributed by atoms with Crippen LogP contribution in [0.25, 0.3) is 11.1 Å². The molecule has 3 aromatic carbocycles. The van der Waals surface area contributed by atoms with Gasteiger partial charge >= 0.3 is 0 Å². The quantitative estimate of drug-likeness (QED) is 0.643. The van der Waals surface area contributed by atoms with Crippen LogP contribution in [0.2, 0.25) is 0 Å². The first-order valence-electron chi connectivity index (χ1n) is 7.80. The predicted molar refractivity (Wildman–Crippen MR) is 95.8 cm³/mol. The fraction of sp³-hybridized carbons (Fsp3) is 0.143. The van der Waals surface area contributed by atoms with E-state index >= 15 is 0 Å². The zero-order valence-corrected chi connectivity index (χ0v) is 13.9. The van der Waals surface area contributed by atoms with E-state index in [2.05, 4.69) is 18.2 Å². The van der Waals surface area contributed by atoms with Gasteiger partial charge < -0.3 is 14.2 Å². The van der Waals surface area contributed by atoms with Crippen molar-refractivity contribution in [3.8, 4) is 28.4 Å². The molecule has 0 fully saturated rings. The molecule has 0 atom stereocenters. The Morgan fingerprint density at radius 1 is 0.708 bits per heavy atom. The van der Waals surface area contributed by atoms with E-state index in [1.807, 2.05) is 54.6 Å². The van der Waals surface area contributed by atoms with Gasteiger partial charge in [-0.2, -0.15) is 0 Å². The van der Waals surface area contributed by atoms with Gasteiger partial charge in [-0.25, -0.2) is 0 Å². The first kappa shape index (κ1) is 15.9. The van der Waals surface area contributed by atoms with E-state index < -0.39 is 0 Å². The third kappa shape index (κ3) is 3.51. The summed E-state index contributed by atoms with van der Waals surface area (Å²) in [5.74, 6) is 2.41. The van der Waals surface area contributed by atoms with Crippen LogP contribution in [0.4, 0.5) is 0 Å². The zero-order valence-electron chi connectivity index (χ0n) is 13.9. The molecule has 0 unspecified atom stereocenters. The summed E-state index contributed by atoms with van der Waals surface area (Å²) >= 11 is 0. The molecule has 0 N–H and O–H groups in total. The Bertz CT molecular complexity index is 797. The number of para-hydroxylation sites is 1. The highest BCUT2D eigenvalue weighted by atomic mass is 16.5. The molecule has 0 aliphatic rings. The highest BCUT2D eigenvalue weighted by Crippen LogP contribution is 2.31. The number of methoxy groups -OCH3 is 2. The van der Waals surface area contributed by atoms with Crippen molar-refractivity contribution in [2.45, 2.75) is 6.61 Å². The topological polar surface area (TPSA) is 27.7 Å². The molecule has 0 spiro atoms. The Balaban J connectivity index is 1.86. The lowest BCUT2D eigenvalue weighted by molar-refractivity contribution is 0.296. The van der Waals surface area contributed by atoms with Crippen LogP contribution in [0, 0.1) is 0 Å². The van der Waals surface area contributed by atoms with Crippen LogP contribution >= 0.6 is 0 Å². The fourth-order valence-electron chi connectivity index (χ4n) is 2.60. The maximum absolute atomic E-state index is 6.08. The van der Waals surface area contributed by atoms with Crippen molar-refractivity contribution in [3.05, 3.63) is 78.4 Å². The maximum Gasteiger partial charge on any atom is 0.127 e. The lowest BCUT2D eigenvalue weighted by Crippen LogP contribution is -2.00. The van der Waals surface area contributed by atoms with Gasteiger partial charge in [-0.05, 0) is 29.8 Å². The molecule has 0 bridgehead atoms. The average Bonchev–Trinajstić information content (AvgIpc) is 2.67. The molecule has 3 heteroatoms. The van der Waals surface area contributed by atoms with Gasteiger partial charge in [0.25, 0.3) is 0 Å². The molecular formula is C21H20O3. The van der Waals surface area contributed by atoms with E-state index in [4.69, 9.17) is 14.2 Å². The summed E-state index contributed by atoms with van der Waals surface area (Å²) in [5.41, 5.74) is 3.14. The third-order valence-electron chi connectivity index (χ3n) is 3.84. The minimum absolute atomic E-state index is 0.407. The molecule has 0 radical (unpaired) electrons. The maximum atomic E-state index is 6.08. The van der Waals surface area contributed by atoms with Crippen molar-refractivity contribution in [2.75, 3.05) is 14.2 Å². The number of hydrogen-bond donors (Lipinski definition) is 0. The number of ether oxygens (including phenoxy) is 3. The van der Waals surface area contributed by atoms with Crippen molar-refractivity contribution < 1.29 is 14.2 Å². The summed E-state index contributed by atoms with van der Waals surface area (Å²) in [5, 5.41) is 0. The molecule has 3 nitrogen and oxygen atoms in total. The molecule has 0 amide bonds. The highest BCUT2D eigenvalue weighted by Gasteiger charge is 2.09. The Kier molecular flexibility index (Phi) is 5.02. The lowest BCUT2D eigenvalue weighted by atomic mass is 10.0. The van der Waals surface area contributed by atoms with Gasteiger partial charge in [0.1, 0.15) is 23.9 Å². The summed E-state index contributed by atoms with van der Waals surface area (Å²) in [7, 11) is 3.31. The summed E-state index contributed by atoms with van der Waals surface area (Å²) in [6.07, 6.45) is 0. The minimum atomic E-state index is 0.407. The molecule has 0 aliphatic heterocycles. The SMILES string of the molecule is COc1ccc(OC)c(COc2ccccc2-c2ccccc2)c1. The van der Waals surface area contributed by atoms with Crippen LogP contribution in [0.1, 0.15) is 5.56 Å². The van der Waals surface area contributed by atoms with Gasteiger partial charge in [-0.15, -0.1) is 0 Å². The largest absolute Gasteiger partial charge is 0.497 e. The summed E-state index contributed by atoms with van der Waals surface area (Å²) in [4.78, 5) is 0. The number of rotatable bonds is 6. The fourth-order valence-corrected chi connectivity index (χ4v) is 2.60. The van der Waals surface area contributed by atoms with Gasteiger partial charge in [0.15, 0.2) is 0 Å². The standard InChI is InChI=1S/C21H20O3/c1-22-18-12-13-20(23-2)17(14-18)15-24-21-11-7-6-10-19(21)16-8-4-3-5-9-16/h3-14H,15H2,1-2H3. The summed E-state index contributed by atoms with van der Waals surface area (Å²) in [6, 6.07) is 23.9. The van der Waals surface area contributed by atoms with E-state index in [1.54, 1.807) is 14.2 Å². The lowest BCUT2D eigenvalue weighted by Gasteiger charge is -2.14. The molecule has 0 aliphatic carbocycles. The molecule has 122 valence electrons. The zero-order chi connectivity index (χ0) is 16.8. The minimum Gasteiger partial charge on any atom is -0.497 e. The second-order valence-corrected chi connectivity index (χ2v) is 5.33. The molecule has 3 aromatic rings. The van der Waals surface area contributed by atoms with Crippen LogP contribution in [0.15, 0.2) is 72.8 Å².